The third-order valence-corrected chi connectivity index (χ3v) is 5.28. The highest BCUT2D eigenvalue weighted by Gasteiger charge is 2.25. The summed E-state index contributed by atoms with van der Waals surface area (Å²) in [6.45, 7) is 4.25. The van der Waals surface area contributed by atoms with E-state index in [1.165, 1.54) is 26.8 Å². The van der Waals surface area contributed by atoms with Gasteiger partial charge in [-0.1, -0.05) is 36.0 Å². The topological polar surface area (TPSA) is 17.8 Å². The maximum absolute atomic E-state index is 4.83. The van der Waals surface area contributed by atoms with Gasteiger partial charge in [0.15, 0.2) is 0 Å². The molecule has 4 rings (SSSR count). The lowest BCUT2D eigenvalue weighted by molar-refractivity contribution is 0.952. The summed E-state index contributed by atoms with van der Waals surface area (Å²) in [7, 11) is 0. The molecule has 0 unspecified atom stereocenters. The van der Waals surface area contributed by atoms with Crippen LogP contribution in [-0.2, 0) is 0 Å². The maximum atomic E-state index is 4.83. The molecule has 1 aliphatic heterocycles. The van der Waals surface area contributed by atoms with Crippen LogP contribution in [0.25, 0.3) is 11.3 Å². The van der Waals surface area contributed by atoms with Crippen molar-refractivity contribution in [2.45, 2.75) is 31.6 Å². The molecule has 0 fully saturated rings. The number of nitrogens with zero attached hydrogens (tertiary/aromatic N) is 2. The molecule has 0 spiro atoms. The molecule has 20 heavy (non-hydrogen) atoms. The van der Waals surface area contributed by atoms with E-state index in [0.29, 0.717) is 0 Å². The minimum Gasteiger partial charge on any atom is -0.296 e. The Balaban J connectivity index is 2.10. The number of fused-ring (bicyclic) bond motifs is 4. The number of aromatic nitrogens is 2. The summed E-state index contributed by atoms with van der Waals surface area (Å²) in [5.41, 5.74) is 4.91. The van der Waals surface area contributed by atoms with Gasteiger partial charge in [-0.25, -0.2) is 4.98 Å². The van der Waals surface area contributed by atoms with Crippen molar-refractivity contribution in [1.29, 1.82) is 0 Å². The molecular formula is C17H16N2S. The molecule has 2 heterocycles. The molecule has 1 aliphatic carbocycles. The van der Waals surface area contributed by atoms with E-state index < -0.39 is 0 Å². The van der Waals surface area contributed by atoms with Crippen molar-refractivity contribution >= 4 is 17.3 Å². The van der Waals surface area contributed by atoms with E-state index in [-0.39, 0.29) is 0 Å². The van der Waals surface area contributed by atoms with Crippen LogP contribution in [0.5, 0.6) is 0 Å². The van der Waals surface area contributed by atoms with Crippen LogP contribution in [-0.4, -0.2) is 9.55 Å². The zero-order chi connectivity index (χ0) is 13.7. The summed E-state index contributed by atoms with van der Waals surface area (Å²) >= 11 is 1.91. The van der Waals surface area contributed by atoms with Crippen molar-refractivity contribution in [3.8, 4) is 5.69 Å². The molecule has 0 amide bonds. The summed E-state index contributed by atoms with van der Waals surface area (Å²) in [6, 6.07) is 8.64. The first-order valence-electron chi connectivity index (χ1n) is 6.99. The summed E-state index contributed by atoms with van der Waals surface area (Å²) in [5, 5.41) is 0. The number of allylic oxidation sites excluding steroid dienone is 4. The Morgan fingerprint density at radius 2 is 2.05 bits per heavy atom. The molecule has 0 saturated carbocycles. The highest BCUT2D eigenvalue weighted by Crippen LogP contribution is 2.44. The number of benzene rings is 1. The number of aryl methyl sites for hydroxylation is 1. The number of hydrogen-bond donors (Lipinski definition) is 0. The minimum absolute atomic E-state index is 1.10. The molecule has 0 bridgehead atoms. The monoisotopic (exact) mass is 280 g/mol. The fourth-order valence-corrected chi connectivity index (χ4v) is 4.06. The van der Waals surface area contributed by atoms with Crippen LogP contribution in [0.15, 0.2) is 46.2 Å². The van der Waals surface area contributed by atoms with E-state index in [4.69, 9.17) is 4.98 Å². The average Bonchev–Trinajstić information content (AvgIpc) is 2.68. The number of thioether (sulfide) groups is 1. The Labute approximate surface area is 123 Å². The molecule has 0 radical (unpaired) electrons. The molecule has 0 atom stereocenters. The third-order valence-electron chi connectivity index (χ3n) is 4.05. The number of rotatable bonds is 0. The second-order valence-electron chi connectivity index (χ2n) is 5.29. The fourth-order valence-electron chi connectivity index (χ4n) is 2.90. The van der Waals surface area contributed by atoms with Gasteiger partial charge in [-0.05, 0) is 38.8 Å². The molecule has 2 aliphatic rings. The minimum atomic E-state index is 1.10. The van der Waals surface area contributed by atoms with Gasteiger partial charge in [0.2, 0.25) is 0 Å². The van der Waals surface area contributed by atoms with Crippen molar-refractivity contribution in [2.24, 2.45) is 0 Å². The van der Waals surface area contributed by atoms with Crippen molar-refractivity contribution in [3.63, 3.8) is 0 Å². The van der Waals surface area contributed by atoms with Crippen LogP contribution >= 0.6 is 11.8 Å². The summed E-state index contributed by atoms with van der Waals surface area (Å²) in [4.78, 5) is 7.61. The van der Waals surface area contributed by atoms with Gasteiger partial charge in [0, 0.05) is 21.1 Å². The quantitative estimate of drug-likeness (QED) is 0.698. The van der Waals surface area contributed by atoms with Gasteiger partial charge in [-0.3, -0.25) is 4.57 Å². The third kappa shape index (κ3) is 1.63. The summed E-state index contributed by atoms with van der Waals surface area (Å²) in [6.07, 6.45) is 6.76. The molecule has 1 aromatic heterocycles. The van der Waals surface area contributed by atoms with Gasteiger partial charge in [-0.15, -0.1) is 0 Å². The van der Waals surface area contributed by atoms with E-state index in [9.17, 15) is 0 Å². The van der Waals surface area contributed by atoms with Crippen LogP contribution in [0, 0.1) is 13.8 Å². The first-order chi connectivity index (χ1) is 9.75. The predicted octanol–water partition coefficient (Wildman–Crippen LogP) is 4.66. The number of para-hydroxylation sites is 1. The number of hydrogen-bond acceptors (Lipinski definition) is 2. The van der Waals surface area contributed by atoms with Gasteiger partial charge in [-0.2, -0.15) is 0 Å². The Kier molecular flexibility index (Phi) is 2.64. The first-order valence-corrected chi connectivity index (χ1v) is 7.80. The van der Waals surface area contributed by atoms with E-state index >= 15 is 0 Å². The summed E-state index contributed by atoms with van der Waals surface area (Å²) in [5.74, 6) is 1.10. The van der Waals surface area contributed by atoms with Crippen LogP contribution in [0.2, 0.25) is 0 Å². The molecule has 3 heteroatoms. The molecule has 1 aromatic carbocycles. The standard InChI is InChI=1S/C17H16N2S/c1-11-12(2)19-14-8-4-6-10-16(14)20-15-9-5-3-7-13(15)17(19)18-11/h3-4,6-8,10H,5,9H2,1-2H3. The number of imidazole rings is 1. The van der Waals surface area contributed by atoms with Gasteiger partial charge in [0.05, 0.1) is 11.4 Å². The van der Waals surface area contributed by atoms with E-state index in [1.54, 1.807) is 0 Å². The molecule has 2 nitrogen and oxygen atoms in total. The normalized spacial score (nSPS) is 16.5. The SMILES string of the molecule is Cc1nc2n(c1C)-c1ccccc1SC1=C2C=CCC1. The lowest BCUT2D eigenvalue weighted by Crippen LogP contribution is -2.02. The Morgan fingerprint density at radius 1 is 1.20 bits per heavy atom. The van der Waals surface area contributed by atoms with Gasteiger partial charge < -0.3 is 0 Å². The van der Waals surface area contributed by atoms with Gasteiger partial charge >= 0.3 is 0 Å². The smallest absolute Gasteiger partial charge is 0.145 e. The largest absolute Gasteiger partial charge is 0.296 e. The highest BCUT2D eigenvalue weighted by molar-refractivity contribution is 8.03. The van der Waals surface area contributed by atoms with Crippen LogP contribution in [0.4, 0.5) is 0 Å². The fraction of sp³-hybridized carbons (Fsp3) is 0.235. The van der Waals surface area contributed by atoms with E-state index in [0.717, 1.165) is 24.4 Å². The first kappa shape index (κ1) is 12.0. The average molecular weight is 280 g/mol. The maximum Gasteiger partial charge on any atom is 0.145 e. The second-order valence-corrected chi connectivity index (χ2v) is 6.43. The Hall–Kier alpha value is -1.74. The lowest BCUT2D eigenvalue weighted by Gasteiger charge is -2.12. The van der Waals surface area contributed by atoms with Gasteiger partial charge in [0.25, 0.3) is 0 Å². The molecule has 2 aromatic rings. The van der Waals surface area contributed by atoms with Crippen molar-refractivity contribution in [1.82, 2.24) is 9.55 Å². The van der Waals surface area contributed by atoms with E-state index in [2.05, 4.69) is 54.8 Å². The Bertz CT molecular complexity index is 765. The predicted molar refractivity (Wildman–Crippen MR) is 84.2 cm³/mol. The molecule has 0 N–H and O–H groups in total. The zero-order valence-corrected chi connectivity index (χ0v) is 12.5. The van der Waals surface area contributed by atoms with Gasteiger partial charge in [0.1, 0.15) is 5.82 Å². The van der Waals surface area contributed by atoms with Crippen LogP contribution in [0.3, 0.4) is 0 Å². The Morgan fingerprint density at radius 3 is 2.95 bits per heavy atom. The van der Waals surface area contributed by atoms with Crippen molar-refractivity contribution < 1.29 is 0 Å². The van der Waals surface area contributed by atoms with Crippen LogP contribution in [0.1, 0.15) is 30.1 Å². The highest BCUT2D eigenvalue weighted by atomic mass is 32.2. The summed E-state index contributed by atoms with van der Waals surface area (Å²) < 4.78 is 2.32. The van der Waals surface area contributed by atoms with E-state index in [1.807, 2.05) is 11.8 Å². The molecule has 0 saturated heterocycles. The van der Waals surface area contributed by atoms with Crippen molar-refractivity contribution in [2.75, 3.05) is 0 Å². The molecule has 100 valence electrons. The second kappa shape index (κ2) is 4.38. The zero-order valence-electron chi connectivity index (χ0n) is 11.7. The molecular weight excluding hydrogens is 264 g/mol. The van der Waals surface area contributed by atoms with Crippen molar-refractivity contribution in [3.05, 3.63) is 58.5 Å². The van der Waals surface area contributed by atoms with Crippen LogP contribution < -0.4 is 0 Å². The lowest BCUT2D eigenvalue weighted by atomic mass is 10.1.